The molecule has 1 atom stereocenters. The quantitative estimate of drug-likeness (QED) is 0.604. The molecule has 10 heteroatoms. The van der Waals surface area contributed by atoms with Gasteiger partial charge in [-0.1, -0.05) is 12.1 Å². The zero-order valence-corrected chi connectivity index (χ0v) is 16.3. The second-order valence-corrected chi connectivity index (χ2v) is 7.95. The van der Waals surface area contributed by atoms with E-state index in [1.54, 1.807) is 19.2 Å². The van der Waals surface area contributed by atoms with E-state index in [1.807, 2.05) is 4.90 Å². The number of carbonyl (C=O) groups excluding carboxylic acids is 2. The minimum atomic E-state index is -3.95. The van der Waals surface area contributed by atoms with Crippen LogP contribution in [0.25, 0.3) is 0 Å². The second-order valence-electron chi connectivity index (χ2n) is 6.27. The summed E-state index contributed by atoms with van der Waals surface area (Å²) < 4.78 is 37.4. The molecule has 0 aromatic heterocycles. The lowest BCUT2D eigenvalue weighted by Gasteiger charge is -2.31. The molecule has 1 saturated heterocycles. The first-order valence-electron chi connectivity index (χ1n) is 8.52. The van der Waals surface area contributed by atoms with Gasteiger partial charge in [-0.2, -0.15) is 0 Å². The minimum Gasteiger partial charge on any atom is -0.382 e. The van der Waals surface area contributed by atoms with Crippen molar-refractivity contribution in [2.24, 2.45) is 0 Å². The molecule has 0 radical (unpaired) electrons. The first-order valence-corrected chi connectivity index (χ1v) is 10.0. The van der Waals surface area contributed by atoms with Crippen LogP contribution in [0.2, 0.25) is 0 Å². The molecule has 1 heterocycles. The lowest BCUT2D eigenvalue weighted by molar-refractivity contribution is -0.123. The van der Waals surface area contributed by atoms with Gasteiger partial charge in [0.05, 0.1) is 30.8 Å². The average Bonchev–Trinajstić information content (AvgIpc) is 2.60. The van der Waals surface area contributed by atoms with Crippen LogP contribution >= 0.6 is 0 Å². The second kappa shape index (κ2) is 9.79. The van der Waals surface area contributed by atoms with Crippen molar-refractivity contribution < 1.29 is 27.5 Å². The average molecular weight is 399 g/mol. The summed E-state index contributed by atoms with van der Waals surface area (Å²) >= 11 is 0. The van der Waals surface area contributed by atoms with Crippen LogP contribution in [0.1, 0.15) is 12.5 Å². The Hall–Kier alpha value is -2.01. The van der Waals surface area contributed by atoms with Gasteiger partial charge in [0.2, 0.25) is 11.8 Å². The number of nitrogens with one attached hydrogen (secondary N) is 2. The molecule has 2 amide bonds. The Labute approximate surface area is 159 Å². The largest absolute Gasteiger partial charge is 0.382 e. The van der Waals surface area contributed by atoms with Gasteiger partial charge >= 0.3 is 0 Å². The van der Waals surface area contributed by atoms with E-state index >= 15 is 0 Å². The van der Waals surface area contributed by atoms with Crippen molar-refractivity contribution in [1.82, 2.24) is 14.9 Å². The molecule has 0 saturated carbocycles. The van der Waals surface area contributed by atoms with Gasteiger partial charge in [-0.05, 0) is 17.7 Å². The van der Waals surface area contributed by atoms with Crippen molar-refractivity contribution >= 4 is 21.8 Å². The maximum atomic E-state index is 12.4. The molecular formula is C17H25N3O6S. The molecule has 0 aliphatic carbocycles. The van der Waals surface area contributed by atoms with Crippen LogP contribution in [-0.4, -0.2) is 71.2 Å². The van der Waals surface area contributed by atoms with E-state index in [9.17, 15) is 18.0 Å². The highest BCUT2D eigenvalue weighted by atomic mass is 32.2. The molecule has 0 spiro atoms. The van der Waals surface area contributed by atoms with Crippen molar-refractivity contribution in [1.29, 1.82) is 0 Å². The Balaban J connectivity index is 1.91. The maximum absolute atomic E-state index is 12.4. The highest BCUT2D eigenvalue weighted by Crippen LogP contribution is 2.11. The number of benzene rings is 1. The van der Waals surface area contributed by atoms with Gasteiger partial charge in [-0.3, -0.25) is 14.5 Å². The van der Waals surface area contributed by atoms with E-state index in [4.69, 9.17) is 9.47 Å². The number of amides is 2. The number of hydrogen-bond donors (Lipinski definition) is 2. The summed E-state index contributed by atoms with van der Waals surface area (Å²) in [5.41, 5.74) is 0.757. The van der Waals surface area contributed by atoms with Crippen LogP contribution < -0.4 is 10.0 Å². The summed E-state index contributed by atoms with van der Waals surface area (Å²) in [7, 11) is -2.38. The van der Waals surface area contributed by atoms with Crippen molar-refractivity contribution in [3.8, 4) is 0 Å². The van der Waals surface area contributed by atoms with Gasteiger partial charge in [-0.15, -0.1) is 0 Å². The molecule has 0 bridgehead atoms. The fourth-order valence-electron chi connectivity index (χ4n) is 2.67. The normalized spacial score (nSPS) is 18.1. The molecule has 9 nitrogen and oxygen atoms in total. The molecule has 0 unspecified atom stereocenters. The van der Waals surface area contributed by atoms with Crippen LogP contribution in [0, 0.1) is 0 Å². The molecule has 150 valence electrons. The first-order chi connectivity index (χ1) is 12.8. The zero-order valence-electron chi connectivity index (χ0n) is 15.4. The molecule has 2 N–H and O–H groups in total. The van der Waals surface area contributed by atoms with Gasteiger partial charge in [0, 0.05) is 33.7 Å². The fraction of sp³-hybridized carbons (Fsp3) is 0.529. The molecule has 1 aromatic rings. The first kappa shape index (κ1) is 21.3. The summed E-state index contributed by atoms with van der Waals surface area (Å²) in [5.74, 6) is -0.773. The molecule has 27 heavy (non-hydrogen) atoms. The van der Waals surface area contributed by atoms with E-state index in [-0.39, 0.29) is 23.5 Å². The topological polar surface area (TPSA) is 114 Å². The molecule has 2 rings (SSSR count). The van der Waals surface area contributed by atoms with Crippen molar-refractivity contribution in [3.05, 3.63) is 29.8 Å². The van der Waals surface area contributed by atoms with Crippen LogP contribution in [0.5, 0.6) is 0 Å². The standard InChI is InChI=1S/C17H25N3O6S/c1-13(21)18-9-14-3-5-16(6-4-14)27(23,24)19-17(22)11-20-7-8-26-15(10-20)12-25-2/h3-6,15H,7-12H2,1-2H3,(H,18,21)(H,19,22)/t15-/m0/s1. The number of nitrogens with zero attached hydrogens (tertiary/aromatic N) is 1. The van der Waals surface area contributed by atoms with Gasteiger partial charge < -0.3 is 14.8 Å². The third-order valence-corrected chi connectivity index (χ3v) is 5.36. The number of rotatable bonds is 8. The predicted octanol–water partition coefficient (Wildman–Crippen LogP) is -0.525. The van der Waals surface area contributed by atoms with Gasteiger partial charge in [0.15, 0.2) is 0 Å². The summed E-state index contributed by atoms with van der Waals surface area (Å²) in [6.07, 6.45) is -0.135. The summed E-state index contributed by atoms with van der Waals surface area (Å²) in [6.45, 7) is 3.60. The lowest BCUT2D eigenvalue weighted by atomic mass is 10.2. The van der Waals surface area contributed by atoms with Gasteiger partial charge in [0.1, 0.15) is 0 Å². The third kappa shape index (κ3) is 6.90. The number of sulfonamides is 1. The van der Waals surface area contributed by atoms with E-state index < -0.39 is 15.9 Å². The van der Waals surface area contributed by atoms with Crippen molar-refractivity contribution in [2.75, 3.05) is 40.0 Å². The number of ether oxygens (including phenoxy) is 2. The highest BCUT2D eigenvalue weighted by molar-refractivity contribution is 7.90. The Kier molecular flexibility index (Phi) is 7.72. The molecule has 1 aliphatic rings. The predicted molar refractivity (Wildman–Crippen MR) is 97.3 cm³/mol. The minimum absolute atomic E-state index is 0.0123. The maximum Gasteiger partial charge on any atom is 0.264 e. The van der Waals surface area contributed by atoms with Crippen LogP contribution in [0.15, 0.2) is 29.2 Å². The fourth-order valence-corrected chi connectivity index (χ4v) is 3.64. The summed E-state index contributed by atoms with van der Waals surface area (Å²) in [4.78, 5) is 24.9. The Bertz CT molecular complexity index is 748. The number of methoxy groups -OCH3 is 1. The van der Waals surface area contributed by atoms with Crippen molar-refractivity contribution in [3.63, 3.8) is 0 Å². The SMILES string of the molecule is COC[C@@H]1CN(CC(=O)NS(=O)(=O)c2ccc(CNC(C)=O)cc2)CCO1. The summed E-state index contributed by atoms with van der Waals surface area (Å²) in [6, 6.07) is 5.98. The van der Waals surface area contributed by atoms with Crippen LogP contribution in [0.3, 0.4) is 0 Å². The van der Waals surface area contributed by atoms with Crippen LogP contribution in [0.4, 0.5) is 0 Å². The Morgan fingerprint density at radius 2 is 2.00 bits per heavy atom. The number of morpholine rings is 1. The van der Waals surface area contributed by atoms with E-state index in [1.165, 1.54) is 19.1 Å². The Morgan fingerprint density at radius 1 is 1.30 bits per heavy atom. The van der Waals surface area contributed by atoms with Crippen LogP contribution in [-0.2, 0) is 35.6 Å². The highest BCUT2D eigenvalue weighted by Gasteiger charge is 2.24. The van der Waals surface area contributed by atoms with E-state index in [0.717, 1.165) is 5.56 Å². The molecule has 1 fully saturated rings. The van der Waals surface area contributed by atoms with Gasteiger partial charge in [0.25, 0.3) is 10.0 Å². The van der Waals surface area contributed by atoms with Crippen molar-refractivity contribution in [2.45, 2.75) is 24.5 Å². The zero-order chi connectivity index (χ0) is 19.9. The van der Waals surface area contributed by atoms with Gasteiger partial charge in [-0.25, -0.2) is 13.1 Å². The van der Waals surface area contributed by atoms with E-state index in [2.05, 4.69) is 10.0 Å². The summed E-state index contributed by atoms with van der Waals surface area (Å²) in [5, 5.41) is 2.63. The number of hydrogen-bond acceptors (Lipinski definition) is 7. The molecular weight excluding hydrogens is 374 g/mol. The lowest BCUT2D eigenvalue weighted by Crippen LogP contribution is -2.48. The smallest absolute Gasteiger partial charge is 0.264 e. The molecule has 1 aromatic carbocycles. The van der Waals surface area contributed by atoms with E-state index in [0.29, 0.717) is 32.8 Å². The number of carbonyl (C=O) groups is 2. The monoisotopic (exact) mass is 399 g/mol. The molecule has 1 aliphatic heterocycles. The Morgan fingerprint density at radius 3 is 2.63 bits per heavy atom. The third-order valence-electron chi connectivity index (χ3n) is 3.97.